The highest BCUT2D eigenvalue weighted by atomic mass is 127. The molecule has 0 spiro atoms. The van der Waals surface area contributed by atoms with Crippen molar-refractivity contribution in [3.8, 4) is 0 Å². The second-order valence-electron chi connectivity index (χ2n) is 6.92. The van der Waals surface area contributed by atoms with Crippen LogP contribution in [0.25, 0.3) is 0 Å². The molecule has 0 aliphatic carbocycles. The van der Waals surface area contributed by atoms with E-state index in [0.29, 0.717) is 0 Å². The van der Waals surface area contributed by atoms with E-state index in [1.165, 1.54) is 43.5 Å². The van der Waals surface area contributed by atoms with Crippen molar-refractivity contribution < 1.29 is 0 Å². The van der Waals surface area contributed by atoms with Gasteiger partial charge in [-0.05, 0) is 56.8 Å². The highest BCUT2D eigenvalue weighted by Gasteiger charge is 2.30. The van der Waals surface area contributed by atoms with Gasteiger partial charge in [-0.2, -0.15) is 0 Å². The molecule has 2 aliphatic rings. The van der Waals surface area contributed by atoms with Crippen molar-refractivity contribution in [2.45, 2.75) is 52.1 Å². The molecule has 5 heteroatoms. The molecule has 0 aromatic heterocycles. The van der Waals surface area contributed by atoms with Gasteiger partial charge in [0.25, 0.3) is 0 Å². The monoisotopic (exact) mass is 456 g/mol. The van der Waals surface area contributed by atoms with Crippen molar-refractivity contribution in [2.24, 2.45) is 4.99 Å². The Morgan fingerprint density at radius 3 is 2.52 bits per heavy atom. The Hall–Kier alpha value is -0.820. The molecule has 140 valence electrons. The van der Waals surface area contributed by atoms with Gasteiger partial charge in [0.1, 0.15) is 0 Å². The van der Waals surface area contributed by atoms with E-state index >= 15 is 0 Å². The first kappa shape index (κ1) is 20.5. The number of aliphatic imine (C=N–C) groups is 1. The van der Waals surface area contributed by atoms with E-state index in [-0.39, 0.29) is 24.0 Å². The predicted molar refractivity (Wildman–Crippen MR) is 117 cm³/mol. The maximum atomic E-state index is 4.95. The predicted octanol–water partition coefficient (Wildman–Crippen LogP) is 3.50. The van der Waals surface area contributed by atoms with Gasteiger partial charge in [-0.3, -0.25) is 4.90 Å². The summed E-state index contributed by atoms with van der Waals surface area (Å²) in [5.74, 6) is 1.09. The average Bonchev–Trinajstić information content (AvgIpc) is 3.29. The lowest BCUT2D eigenvalue weighted by Gasteiger charge is -2.25. The Balaban J connectivity index is 0.00000225. The molecular formula is C20H33IN4. The fourth-order valence-corrected chi connectivity index (χ4v) is 3.98. The zero-order valence-electron chi connectivity index (χ0n) is 15.7. The second-order valence-corrected chi connectivity index (χ2v) is 6.92. The maximum absolute atomic E-state index is 4.95. The van der Waals surface area contributed by atoms with Gasteiger partial charge in [-0.1, -0.05) is 31.2 Å². The summed E-state index contributed by atoms with van der Waals surface area (Å²) < 4.78 is 0. The molecule has 0 radical (unpaired) electrons. The van der Waals surface area contributed by atoms with Crippen molar-refractivity contribution >= 4 is 29.9 Å². The first-order valence-corrected chi connectivity index (χ1v) is 9.66. The number of likely N-dealkylation sites (tertiary alicyclic amines) is 2. The Labute approximate surface area is 170 Å². The lowest BCUT2D eigenvalue weighted by molar-refractivity contribution is 0.249. The summed E-state index contributed by atoms with van der Waals surface area (Å²) in [6, 6.07) is 9.40. The third kappa shape index (κ3) is 5.33. The van der Waals surface area contributed by atoms with Crippen LogP contribution in [0, 0.1) is 0 Å². The van der Waals surface area contributed by atoms with Crippen molar-refractivity contribution in [1.82, 2.24) is 15.1 Å². The van der Waals surface area contributed by atoms with Crippen LogP contribution in [0.4, 0.5) is 0 Å². The van der Waals surface area contributed by atoms with Crippen LogP contribution in [0.15, 0.2) is 29.3 Å². The highest BCUT2D eigenvalue weighted by molar-refractivity contribution is 14.0. The molecule has 2 aliphatic heterocycles. The topological polar surface area (TPSA) is 30.9 Å². The van der Waals surface area contributed by atoms with Gasteiger partial charge in [0.15, 0.2) is 5.96 Å². The van der Waals surface area contributed by atoms with Crippen LogP contribution in [-0.4, -0.2) is 54.5 Å². The van der Waals surface area contributed by atoms with E-state index in [1.807, 2.05) is 0 Å². The second kappa shape index (κ2) is 10.4. The van der Waals surface area contributed by atoms with E-state index < -0.39 is 0 Å². The van der Waals surface area contributed by atoms with Gasteiger partial charge < -0.3 is 10.2 Å². The van der Waals surface area contributed by atoms with Gasteiger partial charge in [0.2, 0.25) is 0 Å². The molecule has 0 bridgehead atoms. The molecule has 25 heavy (non-hydrogen) atoms. The Morgan fingerprint density at radius 1 is 1.12 bits per heavy atom. The number of rotatable bonds is 5. The zero-order valence-corrected chi connectivity index (χ0v) is 18.0. The number of halogens is 1. The summed E-state index contributed by atoms with van der Waals surface area (Å²) in [7, 11) is 0. The van der Waals surface area contributed by atoms with E-state index in [9.17, 15) is 0 Å². The SMILES string of the molecule is CCNC(=NCc1ccccc1CC)N1CCC(N2CCCC2)C1.I. The largest absolute Gasteiger partial charge is 0.357 e. The van der Waals surface area contributed by atoms with E-state index in [0.717, 1.165) is 44.6 Å². The number of aryl methyl sites for hydroxylation is 1. The molecule has 1 aromatic rings. The molecule has 4 nitrogen and oxygen atoms in total. The maximum Gasteiger partial charge on any atom is 0.194 e. The van der Waals surface area contributed by atoms with Gasteiger partial charge in [-0.15, -0.1) is 24.0 Å². The molecule has 1 atom stereocenters. The summed E-state index contributed by atoms with van der Waals surface area (Å²) in [4.78, 5) is 10.1. The fourth-order valence-electron chi connectivity index (χ4n) is 3.98. The van der Waals surface area contributed by atoms with E-state index in [1.54, 1.807) is 0 Å². The molecule has 2 saturated heterocycles. The summed E-state index contributed by atoms with van der Waals surface area (Å²) in [5, 5.41) is 3.50. The van der Waals surface area contributed by atoms with Gasteiger partial charge in [-0.25, -0.2) is 4.99 Å². The minimum Gasteiger partial charge on any atom is -0.357 e. The Morgan fingerprint density at radius 2 is 1.84 bits per heavy atom. The molecule has 1 unspecified atom stereocenters. The third-order valence-corrected chi connectivity index (χ3v) is 5.35. The fraction of sp³-hybridized carbons (Fsp3) is 0.650. The summed E-state index contributed by atoms with van der Waals surface area (Å²) >= 11 is 0. The molecule has 2 heterocycles. The van der Waals surface area contributed by atoms with Gasteiger partial charge in [0.05, 0.1) is 6.54 Å². The number of nitrogens with zero attached hydrogens (tertiary/aromatic N) is 3. The standard InChI is InChI=1S/C20H32N4.HI/c1-3-17-9-5-6-10-18(17)15-22-20(21-4-2)24-14-11-19(16-24)23-12-7-8-13-23;/h5-6,9-10,19H,3-4,7-8,11-16H2,1-2H3,(H,21,22);1H. The first-order chi connectivity index (χ1) is 11.8. The smallest absolute Gasteiger partial charge is 0.194 e. The normalized spacial score (nSPS) is 21.4. The average molecular weight is 456 g/mol. The minimum atomic E-state index is 0. The minimum absolute atomic E-state index is 0. The van der Waals surface area contributed by atoms with Crippen LogP contribution < -0.4 is 5.32 Å². The van der Waals surface area contributed by atoms with Crippen molar-refractivity contribution in [2.75, 3.05) is 32.7 Å². The van der Waals surface area contributed by atoms with Crippen LogP contribution in [-0.2, 0) is 13.0 Å². The van der Waals surface area contributed by atoms with Crippen LogP contribution >= 0.6 is 24.0 Å². The van der Waals surface area contributed by atoms with Gasteiger partial charge in [0, 0.05) is 25.7 Å². The van der Waals surface area contributed by atoms with Crippen molar-refractivity contribution in [3.63, 3.8) is 0 Å². The molecule has 1 aromatic carbocycles. The number of nitrogens with one attached hydrogen (secondary N) is 1. The highest BCUT2D eigenvalue weighted by Crippen LogP contribution is 2.20. The lowest BCUT2D eigenvalue weighted by atomic mass is 10.1. The van der Waals surface area contributed by atoms with E-state index in [4.69, 9.17) is 4.99 Å². The first-order valence-electron chi connectivity index (χ1n) is 9.66. The molecule has 1 N–H and O–H groups in total. The van der Waals surface area contributed by atoms with Crippen molar-refractivity contribution in [1.29, 1.82) is 0 Å². The van der Waals surface area contributed by atoms with E-state index in [2.05, 4.69) is 53.2 Å². The summed E-state index contributed by atoms with van der Waals surface area (Å²) in [6.07, 6.45) is 5.09. The Kier molecular flexibility index (Phi) is 8.49. The molecule has 3 rings (SSSR count). The molecular weight excluding hydrogens is 423 g/mol. The summed E-state index contributed by atoms with van der Waals surface area (Å²) in [6.45, 7) is 10.9. The molecule has 0 saturated carbocycles. The lowest BCUT2D eigenvalue weighted by Crippen LogP contribution is -2.42. The number of hydrogen-bond acceptors (Lipinski definition) is 2. The summed E-state index contributed by atoms with van der Waals surface area (Å²) in [5.41, 5.74) is 2.76. The third-order valence-electron chi connectivity index (χ3n) is 5.35. The molecule has 2 fully saturated rings. The van der Waals surface area contributed by atoms with Crippen LogP contribution in [0.3, 0.4) is 0 Å². The Bertz CT molecular complexity index is 554. The number of hydrogen-bond donors (Lipinski definition) is 1. The van der Waals surface area contributed by atoms with Crippen LogP contribution in [0.1, 0.15) is 44.2 Å². The van der Waals surface area contributed by atoms with Crippen LogP contribution in [0.5, 0.6) is 0 Å². The van der Waals surface area contributed by atoms with Gasteiger partial charge >= 0.3 is 0 Å². The number of guanidine groups is 1. The zero-order chi connectivity index (χ0) is 16.8. The number of benzene rings is 1. The molecule has 0 amide bonds. The van der Waals surface area contributed by atoms with Crippen LogP contribution in [0.2, 0.25) is 0 Å². The van der Waals surface area contributed by atoms with Crippen molar-refractivity contribution in [3.05, 3.63) is 35.4 Å². The quantitative estimate of drug-likeness (QED) is 0.418.